The monoisotopic (exact) mass is 304 g/mol. The van der Waals surface area contributed by atoms with Crippen LogP contribution in [0.25, 0.3) is 0 Å². The van der Waals surface area contributed by atoms with Crippen molar-refractivity contribution in [3.05, 3.63) is 64.7 Å². The van der Waals surface area contributed by atoms with Crippen LogP contribution in [0.2, 0.25) is 5.02 Å². The zero-order chi connectivity index (χ0) is 14.5. The third kappa shape index (κ3) is 3.95. The molecule has 0 spiro atoms. The highest BCUT2D eigenvalue weighted by molar-refractivity contribution is 7.80. The van der Waals surface area contributed by atoms with Crippen molar-refractivity contribution in [3.8, 4) is 0 Å². The van der Waals surface area contributed by atoms with Crippen LogP contribution in [0.4, 0.5) is 5.69 Å². The summed E-state index contributed by atoms with van der Waals surface area (Å²) in [4.78, 5) is 0. The van der Waals surface area contributed by atoms with E-state index in [0.717, 1.165) is 16.3 Å². The molecule has 2 aromatic rings. The van der Waals surface area contributed by atoms with Gasteiger partial charge in [0.15, 0.2) is 5.11 Å². The van der Waals surface area contributed by atoms with Crippen molar-refractivity contribution in [2.75, 3.05) is 5.32 Å². The van der Waals surface area contributed by atoms with Gasteiger partial charge < -0.3 is 10.6 Å². The number of hydrogen-bond donors (Lipinski definition) is 2. The first-order valence-electron chi connectivity index (χ1n) is 6.45. The van der Waals surface area contributed by atoms with Gasteiger partial charge in [0.25, 0.3) is 0 Å². The molecule has 0 saturated heterocycles. The minimum Gasteiger partial charge on any atom is -0.356 e. The summed E-state index contributed by atoms with van der Waals surface area (Å²) >= 11 is 11.5. The zero-order valence-electron chi connectivity index (χ0n) is 11.5. The number of anilines is 1. The lowest BCUT2D eigenvalue weighted by atomic mass is 10.1. The number of thiocarbonyl (C=S) groups is 1. The van der Waals surface area contributed by atoms with Crippen molar-refractivity contribution < 1.29 is 0 Å². The van der Waals surface area contributed by atoms with Crippen LogP contribution in [0.3, 0.4) is 0 Å². The van der Waals surface area contributed by atoms with Gasteiger partial charge >= 0.3 is 0 Å². The van der Waals surface area contributed by atoms with Crippen molar-refractivity contribution in [2.45, 2.75) is 19.9 Å². The molecule has 1 atom stereocenters. The molecule has 2 rings (SSSR count). The van der Waals surface area contributed by atoms with Crippen molar-refractivity contribution >= 4 is 34.6 Å². The Morgan fingerprint density at radius 1 is 1.15 bits per heavy atom. The Hall–Kier alpha value is -1.58. The van der Waals surface area contributed by atoms with Gasteiger partial charge in [-0.15, -0.1) is 0 Å². The van der Waals surface area contributed by atoms with Crippen molar-refractivity contribution in [1.82, 2.24) is 5.32 Å². The van der Waals surface area contributed by atoms with E-state index in [1.165, 1.54) is 5.56 Å². The molecule has 0 radical (unpaired) electrons. The summed E-state index contributed by atoms with van der Waals surface area (Å²) in [5, 5.41) is 7.75. The Morgan fingerprint density at radius 2 is 1.90 bits per heavy atom. The molecule has 0 aliphatic carbocycles. The molecular weight excluding hydrogens is 288 g/mol. The maximum absolute atomic E-state index is 6.18. The molecule has 2 aromatic carbocycles. The van der Waals surface area contributed by atoms with Crippen LogP contribution in [-0.2, 0) is 0 Å². The summed E-state index contributed by atoms with van der Waals surface area (Å²) in [6, 6.07) is 15.9. The van der Waals surface area contributed by atoms with Gasteiger partial charge in [-0.05, 0) is 55.4 Å². The maximum atomic E-state index is 6.18. The number of rotatable bonds is 3. The number of aryl methyl sites for hydroxylation is 1. The minimum absolute atomic E-state index is 0.0495. The molecule has 0 aliphatic rings. The maximum Gasteiger partial charge on any atom is 0.171 e. The van der Waals surface area contributed by atoms with Gasteiger partial charge in [-0.3, -0.25) is 0 Å². The lowest BCUT2D eigenvalue weighted by Gasteiger charge is -2.18. The molecule has 104 valence electrons. The highest BCUT2D eigenvalue weighted by Crippen LogP contribution is 2.22. The molecule has 4 heteroatoms. The topological polar surface area (TPSA) is 24.1 Å². The normalized spacial score (nSPS) is 11.8. The van der Waals surface area contributed by atoms with Gasteiger partial charge in [-0.1, -0.05) is 41.9 Å². The first-order chi connectivity index (χ1) is 9.56. The summed E-state index contributed by atoms with van der Waals surface area (Å²) in [6.45, 7) is 4.08. The molecule has 0 aromatic heterocycles. The average Bonchev–Trinajstić information content (AvgIpc) is 2.38. The van der Waals surface area contributed by atoms with Crippen LogP contribution in [0.15, 0.2) is 48.5 Å². The van der Waals surface area contributed by atoms with Crippen LogP contribution in [0.1, 0.15) is 24.1 Å². The third-order valence-corrected chi connectivity index (χ3v) is 3.56. The van der Waals surface area contributed by atoms with E-state index in [9.17, 15) is 0 Å². The standard InChI is InChI=1S/C16H17ClN2S/c1-11-6-5-7-13(10-11)19-16(20)18-12(2)14-8-3-4-9-15(14)17/h3-10,12H,1-2H3,(H2,18,19,20)/t12-/m0/s1. The molecule has 2 N–H and O–H groups in total. The quantitative estimate of drug-likeness (QED) is 0.804. The number of benzene rings is 2. The van der Waals surface area contributed by atoms with Gasteiger partial charge in [-0.2, -0.15) is 0 Å². The largest absolute Gasteiger partial charge is 0.356 e. The van der Waals surface area contributed by atoms with E-state index in [0.29, 0.717) is 5.11 Å². The zero-order valence-corrected chi connectivity index (χ0v) is 13.1. The highest BCUT2D eigenvalue weighted by atomic mass is 35.5. The van der Waals surface area contributed by atoms with Crippen LogP contribution in [0, 0.1) is 6.92 Å². The number of halogens is 1. The SMILES string of the molecule is Cc1cccc(NC(=S)N[C@@H](C)c2ccccc2Cl)c1. The van der Waals surface area contributed by atoms with Crippen molar-refractivity contribution in [2.24, 2.45) is 0 Å². The Labute approximate surface area is 130 Å². The third-order valence-electron chi connectivity index (χ3n) is 3.00. The van der Waals surface area contributed by atoms with Crippen LogP contribution in [-0.4, -0.2) is 5.11 Å². The fourth-order valence-corrected chi connectivity index (χ4v) is 2.58. The van der Waals surface area contributed by atoms with E-state index in [2.05, 4.69) is 10.6 Å². The summed E-state index contributed by atoms with van der Waals surface area (Å²) in [6.07, 6.45) is 0. The predicted molar refractivity (Wildman–Crippen MR) is 90.4 cm³/mol. The molecule has 0 bridgehead atoms. The number of hydrogen-bond acceptors (Lipinski definition) is 1. The molecular formula is C16H17ClN2S. The smallest absolute Gasteiger partial charge is 0.171 e. The van der Waals surface area contributed by atoms with E-state index >= 15 is 0 Å². The van der Waals surface area contributed by atoms with Gasteiger partial charge in [0.05, 0.1) is 6.04 Å². The summed E-state index contributed by atoms with van der Waals surface area (Å²) < 4.78 is 0. The van der Waals surface area contributed by atoms with Crippen molar-refractivity contribution in [1.29, 1.82) is 0 Å². The van der Waals surface area contributed by atoms with E-state index in [4.69, 9.17) is 23.8 Å². The Kier molecular flexibility index (Phi) is 4.99. The summed E-state index contributed by atoms with van der Waals surface area (Å²) in [5.41, 5.74) is 3.20. The lowest BCUT2D eigenvalue weighted by molar-refractivity contribution is 0.723. The molecule has 0 amide bonds. The Morgan fingerprint density at radius 3 is 2.60 bits per heavy atom. The van der Waals surface area contributed by atoms with Crippen molar-refractivity contribution in [3.63, 3.8) is 0 Å². The van der Waals surface area contributed by atoms with E-state index in [-0.39, 0.29) is 6.04 Å². The molecule has 2 nitrogen and oxygen atoms in total. The second-order valence-corrected chi connectivity index (χ2v) is 5.53. The van der Waals surface area contributed by atoms with Gasteiger partial charge in [0.2, 0.25) is 0 Å². The van der Waals surface area contributed by atoms with Gasteiger partial charge in [0.1, 0.15) is 0 Å². The lowest BCUT2D eigenvalue weighted by Crippen LogP contribution is -2.31. The second-order valence-electron chi connectivity index (χ2n) is 4.71. The molecule has 0 aliphatic heterocycles. The van der Waals surface area contributed by atoms with Crippen LogP contribution < -0.4 is 10.6 Å². The average molecular weight is 305 g/mol. The fraction of sp³-hybridized carbons (Fsp3) is 0.188. The Bertz CT molecular complexity index is 613. The van der Waals surface area contributed by atoms with Gasteiger partial charge in [0, 0.05) is 10.7 Å². The number of nitrogens with one attached hydrogen (secondary N) is 2. The van der Waals surface area contributed by atoms with Gasteiger partial charge in [-0.25, -0.2) is 0 Å². The predicted octanol–water partition coefficient (Wildman–Crippen LogP) is 4.70. The van der Waals surface area contributed by atoms with E-state index in [1.54, 1.807) is 0 Å². The minimum atomic E-state index is 0.0495. The second kappa shape index (κ2) is 6.73. The van der Waals surface area contributed by atoms with E-state index < -0.39 is 0 Å². The fourth-order valence-electron chi connectivity index (χ4n) is 1.99. The first kappa shape index (κ1) is 14.8. The Balaban J connectivity index is 2.00. The summed E-state index contributed by atoms with van der Waals surface area (Å²) in [7, 11) is 0. The summed E-state index contributed by atoms with van der Waals surface area (Å²) in [5.74, 6) is 0. The molecule has 0 fully saturated rings. The van der Waals surface area contributed by atoms with Crippen LogP contribution >= 0.6 is 23.8 Å². The van der Waals surface area contributed by atoms with Crippen LogP contribution in [0.5, 0.6) is 0 Å². The highest BCUT2D eigenvalue weighted by Gasteiger charge is 2.10. The molecule has 0 saturated carbocycles. The molecule has 0 unspecified atom stereocenters. The molecule has 20 heavy (non-hydrogen) atoms. The first-order valence-corrected chi connectivity index (χ1v) is 7.23. The van der Waals surface area contributed by atoms with E-state index in [1.807, 2.05) is 62.4 Å². The molecule has 0 heterocycles.